The van der Waals surface area contributed by atoms with Crippen molar-refractivity contribution in [3.63, 3.8) is 0 Å². The van der Waals surface area contributed by atoms with E-state index in [0.717, 1.165) is 17.6 Å². The molecule has 0 fully saturated rings. The Morgan fingerprint density at radius 1 is 1.06 bits per heavy atom. The molecule has 0 radical (unpaired) electrons. The largest absolute Gasteiger partial charge is 0.438 e. The van der Waals surface area contributed by atoms with Gasteiger partial charge in [0.05, 0.1) is 6.26 Å². The number of anilines is 1. The van der Waals surface area contributed by atoms with Crippen LogP contribution >= 0.6 is 0 Å². The van der Waals surface area contributed by atoms with Gasteiger partial charge in [-0.15, -0.1) is 0 Å². The Balaban J connectivity index is 0.000000588. The van der Waals surface area contributed by atoms with Crippen LogP contribution in [0.1, 0.15) is 39.5 Å². The molecule has 0 aliphatic heterocycles. The molecule has 0 atom stereocenters. The van der Waals surface area contributed by atoms with Crippen LogP contribution in [0.5, 0.6) is 0 Å². The molecule has 0 saturated carbocycles. The van der Waals surface area contributed by atoms with E-state index in [2.05, 4.69) is 23.8 Å². The number of aromatic nitrogens is 4. The fourth-order valence-electron chi connectivity index (χ4n) is 3.25. The summed E-state index contributed by atoms with van der Waals surface area (Å²) in [7, 11) is -3.67. The summed E-state index contributed by atoms with van der Waals surface area (Å²) in [6, 6.07) is 9.96. The molecule has 182 valence electrons. The van der Waals surface area contributed by atoms with Crippen LogP contribution in [0.2, 0.25) is 0 Å². The van der Waals surface area contributed by atoms with E-state index in [1.54, 1.807) is 12.1 Å². The highest BCUT2D eigenvalue weighted by atomic mass is 32.2. The maximum atomic E-state index is 13.4. The monoisotopic (exact) mass is 489 g/mol. The zero-order valence-electron chi connectivity index (χ0n) is 19.7. The van der Waals surface area contributed by atoms with E-state index in [0.29, 0.717) is 46.8 Å². The van der Waals surface area contributed by atoms with Crippen molar-refractivity contribution in [1.29, 1.82) is 0 Å². The number of fused-ring (bicyclic) bond motifs is 1. The summed E-state index contributed by atoms with van der Waals surface area (Å²) in [4.78, 5) is 13.9. The van der Waals surface area contributed by atoms with Crippen molar-refractivity contribution in [2.45, 2.75) is 40.2 Å². The molecule has 1 aromatic carbocycles. The SMILES string of the molecule is CC(C)Cn1c(N)nc2ccc(-c3oc(C(C)C)nc3-c3ccc(F)cc3)nc21.CS(=O)(=O)O. The van der Waals surface area contributed by atoms with Gasteiger partial charge in [-0.1, -0.05) is 27.7 Å². The number of rotatable bonds is 5. The minimum Gasteiger partial charge on any atom is -0.438 e. The summed E-state index contributed by atoms with van der Waals surface area (Å²) in [5.41, 5.74) is 9.61. The Hall–Kier alpha value is -3.31. The van der Waals surface area contributed by atoms with Crippen molar-refractivity contribution < 1.29 is 21.8 Å². The molecule has 3 heterocycles. The highest BCUT2D eigenvalue weighted by Gasteiger charge is 2.21. The zero-order chi connectivity index (χ0) is 25.2. The molecule has 11 heteroatoms. The summed E-state index contributed by atoms with van der Waals surface area (Å²) in [5.74, 6) is 1.81. The Morgan fingerprint density at radius 2 is 1.68 bits per heavy atom. The highest BCUT2D eigenvalue weighted by molar-refractivity contribution is 7.85. The molecule has 0 bridgehead atoms. The number of benzene rings is 1. The van der Waals surface area contributed by atoms with Gasteiger partial charge < -0.3 is 10.2 Å². The van der Waals surface area contributed by atoms with E-state index in [4.69, 9.17) is 19.7 Å². The lowest BCUT2D eigenvalue weighted by molar-refractivity contribution is 0.480. The van der Waals surface area contributed by atoms with E-state index < -0.39 is 10.1 Å². The number of hydrogen-bond acceptors (Lipinski definition) is 7. The molecule has 0 aliphatic carbocycles. The Kier molecular flexibility index (Phi) is 7.37. The van der Waals surface area contributed by atoms with Crippen LogP contribution in [0, 0.1) is 11.7 Å². The topological polar surface area (TPSA) is 137 Å². The van der Waals surface area contributed by atoms with Gasteiger partial charge in [0.2, 0.25) is 5.95 Å². The summed E-state index contributed by atoms with van der Waals surface area (Å²) < 4.78 is 47.3. The van der Waals surface area contributed by atoms with E-state index in [-0.39, 0.29) is 11.7 Å². The van der Waals surface area contributed by atoms with Gasteiger partial charge in [-0.25, -0.2) is 19.3 Å². The molecule has 34 heavy (non-hydrogen) atoms. The molecular weight excluding hydrogens is 461 g/mol. The fourth-order valence-corrected chi connectivity index (χ4v) is 3.25. The number of hydrogen-bond donors (Lipinski definition) is 2. The number of halogens is 1. The fraction of sp³-hybridized carbons (Fsp3) is 0.348. The van der Waals surface area contributed by atoms with Crippen molar-refractivity contribution in [2.24, 2.45) is 5.92 Å². The third-order valence-electron chi connectivity index (χ3n) is 4.66. The molecule has 3 aromatic heterocycles. The van der Waals surface area contributed by atoms with Gasteiger partial charge >= 0.3 is 0 Å². The molecule has 0 spiro atoms. The second-order valence-corrected chi connectivity index (χ2v) is 10.1. The highest BCUT2D eigenvalue weighted by Crippen LogP contribution is 2.35. The van der Waals surface area contributed by atoms with Crippen molar-refractivity contribution in [3.8, 4) is 22.7 Å². The number of nitrogen functional groups attached to an aromatic ring is 1. The lowest BCUT2D eigenvalue weighted by Crippen LogP contribution is -2.08. The van der Waals surface area contributed by atoms with Gasteiger partial charge in [0.15, 0.2) is 17.3 Å². The van der Waals surface area contributed by atoms with Gasteiger partial charge in [-0.05, 0) is 42.3 Å². The minimum absolute atomic E-state index is 0.105. The number of nitrogens with zero attached hydrogens (tertiary/aromatic N) is 4. The first kappa shape index (κ1) is 25.3. The second kappa shape index (κ2) is 9.90. The average molecular weight is 490 g/mol. The Bertz CT molecular complexity index is 1390. The van der Waals surface area contributed by atoms with Crippen LogP contribution in [0.25, 0.3) is 33.9 Å². The van der Waals surface area contributed by atoms with Crippen LogP contribution in [0.3, 0.4) is 0 Å². The lowest BCUT2D eigenvalue weighted by atomic mass is 10.1. The second-order valence-electron chi connectivity index (χ2n) is 8.64. The van der Waals surface area contributed by atoms with E-state index >= 15 is 0 Å². The lowest BCUT2D eigenvalue weighted by Gasteiger charge is -2.09. The van der Waals surface area contributed by atoms with Gasteiger partial charge in [0.1, 0.15) is 22.7 Å². The van der Waals surface area contributed by atoms with Gasteiger partial charge in [0, 0.05) is 18.0 Å². The van der Waals surface area contributed by atoms with Crippen LogP contribution in [0.15, 0.2) is 40.8 Å². The van der Waals surface area contributed by atoms with Crippen LogP contribution < -0.4 is 5.73 Å². The van der Waals surface area contributed by atoms with Crippen LogP contribution in [-0.4, -0.2) is 38.7 Å². The van der Waals surface area contributed by atoms with E-state index in [9.17, 15) is 12.8 Å². The van der Waals surface area contributed by atoms with Crippen molar-refractivity contribution in [1.82, 2.24) is 19.5 Å². The molecule has 4 rings (SSSR count). The number of nitrogens with two attached hydrogens (primary N) is 1. The third-order valence-corrected chi connectivity index (χ3v) is 4.66. The summed E-state index contributed by atoms with van der Waals surface area (Å²) in [5, 5.41) is 0. The predicted octanol–water partition coefficient (Wildman–Crippen LogP) is 4.76. The van der Waals surface area contributed by atoms with E-state index in [1.807, 2.05) is 30.5 Å². The molecule has 0 aliphatic rings. The van der Waals surface area contributed by atoms with Crippen LogP contribution in [-0.2, 0) is 16.7 Å². The first-order valence-corrected chi connectivity index (χ1v) is 12.5. The van der Waals surface area contributed by atoms with Crippen LogP contribution in [0.4, 0.5) is 10.3 Å². The predicted molar refractivity (Wildman–Crippen MR) is 129 cm³/mol. The number of oxazole rings is 1. The van der Waals surface area contributed by atoms with Gasteiger partial charge in [0.25, 0.3) is 10.1 Å². The summed E-state index contributed by atoms with van der Waals surface area (Å²) >= 11 is 0. The Labute approximate surface area is 197 Å². The smallest absolute Gasteiger partial charge is 0.261 e. The molecule has 0 unspecified atom stereocenters. The third kappa shape index (κ3) is 6.17. The molecule has 0 saturated heterocycles. The minimum atomic E-state index is -3.67. The standard InChI is InChI=1S/C22H24FN5O.CH4O3S/c1-12(2)11-28-20-17(26-22(28)24)10-9-16(25-20)19-18(27-21(29-19)13(3)4)14-5-7-15(23)8-6-14;1-5(2,3)4/h5-10,12-13H,11H2,1-4H3,(H2,24,26);1H3,(H,2,3,4). The Morgan fingerprint density at radius 3 is 2.24 bits per heavy atom. The molecule has 0 amide bonds. The van der Waals surface area contributed by atoms with Crippen molar-refractivity contribution in [2.75, 3.05) is 12.0 Å². The average Bonchev–Trinajstić information content (AvgIpc) is 3.29. The maximum Gasteiger partial charge on any atom is 0.261 e. The van der Waals surface area contributed by atoms with E-state index in [1.165, 1.54) is 12.1 Å². The van der Waals surface area contributed by atoms with Gasteiger partial charge in [-0.3, -0.25) is 9.12 Å². The number of pyridine rings is 1. The quantitative estimate of drug-likeness (QED) is 0.383. The normalized spacial score (nSPS) is 11.8. The first-order valence-electron chi connectivity index (χ1n) is 10.7. The van der Waals surface area contributed by atoms with Crippen molar-refractivity contribution in [3.05, 3.63) is 48.1 Å². The molecule has 9 nitrogen and oxygen atoms in total. The maximum absolute atomic E-state index is 13.4. The zero-order valence-corrected chi connectivity index (χ0v) is 20.5. The molecular formula is C23H28FN5O4S. The summed E-state index contributed by atoms with van der Waals surface area (Å²) in [6.45, 7) is 8.98. The van der Waals surface area contributed by atoms with Crippen molar-refractivity contribution >= 4 is 27.2 Å². The molecule has 3 N–H and O–H groups in total. The van der Waals surface area contributed by atoms with Gasteiger partial charge in [-0.2, -0.15) is 8.42 Å². The molecule has 4 aromatic rings. The summed E-state index contributed by atoms with van der Waals surface area (Å²) in [6.07, 6.45) is 0.715. The number of imidazole rings is 1. The first-order chi connectivity index (χ1) is 15.8.